The number of thiazole rings is 1. The second-order valence-corrected chi connectivity index (χ2v) is 5.53. The molecule has 0 spiro atoms. The van der Waals surface area contributed by atoms with Crippen molar-refractivity contribution in [3.63, 3.8) is 0 Å². The highest BCUT2D eigenvalue weighted by atomic mass is 35.5. The first kappa shape index (κ1) is 11.5. The Hall–Kier alpha value is -1.59. The van der Waals surface area contributed by atoms with Gasteiger partial charge in [-0.3, -0.25) is 4.79 Å². The third-order valence-corrected chi connectivity index (χ3v) is 3.76. The predicted octanol–water partition coefficient (Wildman–Crippen LogP) is 2.96. The van der Waals surface area contributed by atoms with Gasteiger partial charge in [0.2, 0.25) is 0 Å². The highest BCUT2D eigenvalue weighted by molar-refractivity contribution is 7.09. The molecule has 3 rings (SSSR count). The highest BCUT2D eigenvalue weighted by Gasteiger charge is 2.25. The first-order valence-electron chi connectivity index (χ1n) is 5.42. The van der Waals surface area contributed by atoms with Gasteiger partial charge < -0.3 is 10.6 Å². The van der Waals surface area contributed by atoms with E-state index in [1.165, 1.54) is 0 Å². The van der Waals surface area contributed by atoms with Crippen molar-refractivity contribution in [2.24, 2.45) is 0 Å². The molecule has 92 valence electrons. The maximum Gasteiger partial charge on any atom is 0.255 e. The molecule has 6 heteroatoms. The second kappa shape index (κ2) is 4.26. The Bertz CT molecular complexity index is 626. The van der Waals surface area contributed by atoms with Gasteiger partial charge in [-0.15, -0.1) is 11.3 Å². The van der Waals surface area contributed by atoms with Gasteiger partial charge in [0.05, 0.1) is 22.0 Å². The second-order valence-electron chi connectivity index (χ2n) is 4.03. The predicted molar refractivity (Wildman–Crippen MR) is 72.1 cm³/mol. The van der Waals surface area contributed by atoms with E-state index in [1.54, 1.807) is 29.5 Å². The molecule has 1 atom stereocenters. The number of carbonyl (C=O) groups is 1. The Kier molecular flexibility index (Phi) is 2.72. The zero-order chi connectivity index (χ0) is 12.7. The number of benzene rings is 1. The summed E-state index contributed by atoms with van der Waals surface area (Å²) in [5.74, 6) is -0.115. The van der Waals surface area contributed by atoms with Crippen LogP contribution in [-0.2, 0) is 0 Å². The van der Waals surface area contributed by atoms with Crippen molar-refractivity contribution in [3.05, 3.63) is 44.9 Å². The minimum atomic E-state index is -0.298. The number of nitrogens with zero attached hydrogens (tertiary/aromatic N) is 1. The largest absolute Gasteiger partial charge is 0.360 e. The molecule has 1 aliphatic heterocycles. The van der Waals surface area contributed by atoms with E-state index in [9.17, 15) is 4.79 Å². The summed E-state index contributed by atoms with van der Waals surface area (Å²) in [6.07, 6.45) is -0.298. The molecule has 2 aromatic rings. The van der Waals surface area contributed by atoms with Crippen molar-refractivity contribution in [1.82, 2.24) is 10.3 Å². The molecule has 0 bridgehead atoms. The SMILES string of the molecule is Cc1nc(C2NC(=O)c3ccc(Cl)cc3N2)cs1. The van der Waals surface area contributed by atoms with Gasteiger partial charge in [0.1, 0.15) is 6.17 Å². The van der Waals surface area contributed by atoms with E-state index in [0.29, 0.717) is 10.6 Å². The molecule has 0 radical (unpaired) electrons. The van der Waals surface area contributed by atoms with E-state index in [-0.39, 0.29) is 12.1 Å². The molecule has 1 aromatic heterocycles. The zero-order valence-corrected chi connectivity index (χ0v) is 11.1. The van der Waals surface area contributed by atoms with E-state index in [1.807, 2.05) is 12.3 Å². The van der Waals surface area contributed by atoms with Crippen LogP contribution in [0.4, 0.5) is 5.69 Å². The summed E-state index contributed by atoms with van der Waals surface area (Å²) in [7, 11) is 0. The number of rotatable bonds is 1. The first-order valence-corrected chi connectivity index (χ1v) is 6.68. The molecule has 0 saturated heterocycles. The lowest BCUT2D eigenvalue weighted by Gasteiger charge is -2.26. The number of nitrogens with one attached hydrogen (secondary N) is 2. The van der Waals surface area contributed by atoms with E-state index >= 15 is 0 Å². The topological polar surface area (TPSA) is 54.0 Å². The molecular weight excluding hydrogens is 270 g/mol. The van der Waals surface area contributed by atoms with Crippen LogP contribution in [0.3, 0.4) is 0 Å². The summed E-state index contributed by atoms with van der Waals surface area (Å²) in [5, 5.41) is 9.60. The maximum absolute atomic E-state index is 12.0. The Morgan fingerprint density at radius 1 is 1.39 bits per heavy atom. The summed E-state index contributed by atoms with van der Waals surface area (Å²) in [6, 6.07) is 5.17. The molecule has 18 heavy (non-hydrogen) atoms. The lowest BCUT2D eigenvalue weighted by atomic mass is 10.1. The van der Waals surface area contributed by atoms with Crippen molar-refractivity contribution < 1.29 is 4.79 Å². The number of halogens is 1. The van der Waals surface area contributed by atoms with E-state index in [4.69, 9.17) is 11.6 Å². The number of fused-ring (bicyclic) bond motifs is 1. The smallest absolute Gasteiger partial charge is 0.255 e. The van der Waals surface area contributed by atoms with Crippen molar-refractivity contribution in [3.8, 4) is 0 Å². The number of hydrogen-bond donors (Lipinski definition) is 2. The quantitative estimate of drug-likeness (QED) is 0.844. The van der Waals surface area contributed by atoms with E-state index in [2.05, 4.69) is 15.6 Å². The van der Waals surface area contributed by atoms with Gasteiger partial charge in [-0.05, 0) is 25.1 Å². The van der Waals surface area contributed by atoms with Gasteiger partial charge in [-0.25, -0.2) is 4.98 Å². The van der Waals surface area contributed by atoms with Gasteiger partial charge in [-0.1, -0.05) is 11.6 Å². The Labute approximate surface area is 113 Å². The zero-order valence-electron chi connectivity index (χ0n) is 9.53. The van der Waals surface area contributed by atoms with Crippen LogP contribution in [0.1, 0.15) is 27.2 Å². The van der Waals surface area contributed by atoms with Gasteiger partial charge in [0, 0.05) is 10.4 Å². The van der Waals surface area contributed by atoms with Gasteiger partial charge in [0.15, 0.2) is 0 Å². The van der Waals surface area contributed by atoms with E-state index in [0.717, 1.165) is 16.4 Å². The Balaban J connectivity index is 1.98. The van der Waals surface area contributed by atoms with Crippen LogP contribution in [0.25, 0.3) is 0 Å². The minimum absolute atomic E-state index is 0.115. The van der Waals surface area contributed by atoms with Crippen molar-refractivity contribution in [2.75, 3.05) is 5.32 Å². The normalized spacial score (nSPS) is 17.9. The third-order valence-electron chi connectivity index (χ3n) is 2.73. The fourth-order valence-corrected chi connectivity index (χ4v) is 2.71. The summed E-state index contributed by atoms with van der Waals surface area (Å²) in [5.41, 5.74) is 2.15. The molecule has 1 aliphatic rings. The molecule has 2 N–H and O–H groups in total. The standard InChI is InChI=1S/C12H10ClN3OS/c1-6-14-10(5-18-6)11-15-9-4-7(13)2-3-8(9)12(17)16-11/h2-5,11,15H,1H3,(H,16,17). The lowest BCUT2D eigenvalue weighted by molar-refractivity contribution is 0.0935. The summed E-state index contributed by atoms with van der Waals surface area (Å²) in [4.78, 5) is 16.3. The first-order chi connectivity index (χ1) is 8.63. The maximum atomic E-state index is 12.0. The summed E-state index contributed by atoms with van der Waals surface area (Å²) < 4.78 is 0. The van der Waals surface area contributed by atoms with Gasteiger partial charge >= 0.3 is 0 Å². The molecule has 0 fully saturated rings. The van der Waals surface area contributed by atoms with Crippen LogP contribution in [0, 0.1) is 6.92 Å². The molecule has 1 aromatic carbocycles. The number of amides is 1. The van der Waals surface area contributed by atoms with Crippen LogP contribution >= 0.6 is 22.9 Å². The number of carbonyl (C=O) groups excluding carboxylic acids is 1. The fourth-order valence-electron chi connectivity index (χ4n) is 1.89. The van der Waals surface area contributed by atoms with Gasteiger partial charge in [-0.2, -0.15) is 0 Å². The molecule has 4 nitrogen and oxygen atoms in total. The molecule has 2 heterocycles. The molecular formula is C12H10ClN3OS. The number of aromatic nitrogens is 1. The third kappa shape index (κ3) is 1.95. The Morgan fingerprint density at radius 3 is 2.94 bits per heavy atom. The summed E-state index contributed by atoms with van der Waals surface area (Å²) in [6.45, 7) is 1.93. The lowest BCUT2D eigenvalue weighted by Crippen LogP contribution is -2.38. The molecule has 1 unspecified atom stereocenters. The average Bonchev–Trinajstić information content (AvgIpc) is 2.75. The number of hydrogen-bond acceptors (Lipinski definition) is 4. The average molecular weight is 280 g/mol. The summed E-state index contributed by atoms with van der Waals surface area (Å²) >= 11 is 7.49. The monoisotopic (exact) mass is 279 g/mol. The molecule has 1 amide bonds. The number of anilines is 1. The van der Waals surface area contributed by atoms with Crippen LogP contribution in [0.15, 0.2) is 23.6 Å². The van der Waals surface area contributed by atoms with Crippen molar-refractivity contribution >= 4 is 34.5 Å². The van der Waals surface area contributed by atoms with Crippen molar-refractivity contribution in [2.45, 2.75) is 13.1 Å². The molecule has 0 saturated carbocycles. The van der Waals surface area contributed by atoms with Crippen LogP contribution in [-0.4, -0.2) is 10.9 Å². The van der Waals surface area contributed by atoms with Crippen LogP contribution in [0.5, 0.6) is 0 Å². The minimum Gasteiger partial charge on any atom is -0.360 e. The fraction of sp³-hybridized carbons (Fsp3) is 0.167. The van der Waals surface area contributed by atoms with Gasteiger partial charge in [0.25, 0.3) is 5.91 Å². The Morgan fingerprint density at radius 2 is 2.22 bits per heavy atom. The molecule has 0 aliphatic carbocycles. The number of aryl methyl sites for hydroxylation is 1. The van der Waals surface area contributed by atoms with Crippen LogP contribution < -0.4 is 10.6 Å². The van der Waals surface area contributed by atoms with E-state index < -0.39 is 0 Å². The van der Waals surface area contributed by atoms with Crippen LogP contribution in [0.2, 0.25) is 5.02 Å². The van der Waals surface area contributed by atoms with Crippen molar-refractivity contribution in [1.29, 1.82) is 0 Å². The highest BCUT2D eigenvalue weighted by Crippen LogP contribution is 2.29.